The molecule has 0 aliphatic carbocycles. The Hall–Kier alpha value is -3.06. The van der Waals surface area contributed by atoms with E-state index >= 15 is 0 Å². The molecule has 0 radical (unpaired) electrons. The fourth-order valence-corrected chi connectivity index (χ4v) is 3.85. The van der Waals surface area contributed by atoms with Crippen molar-refractivity contribution in [2.24, 2.45) is 5.73 Å². The highest BCUT2D eigenvalue weighted by molar-refractivity contribution is 5.97. The van der Waals surface area contributed by atoms with E-state index in [0.717, 1.165) is 5.69 Å². The van der Waals surface area contributed by atoms with Crippen LogP contribution in [0.25, 0.3) is 16.6 Å². The van der Waals surface area contributed by atoms with Gasteiger partial charge in [0, 0.05) is 16.8 Å². The molecule has 1 aromatic heterocycles. The molecule has 0 saturated carbocycles. The SMILES string of the molecule is CCC(N)(CC)c1c(O)ccc2c([N+](=O)[O-])c(C)n(-c3ccc(OC)cc3)c12. The minimum Gasteiger partial charge on any atom is -0.508 e. The highest BCUT2D eigenvalue weighted by Crippen LogP contribution is 2.44. The minimum absolute atomic E-state index is 0.0154. The van der Waals surface area contributed by atoms with Crippen molar-refractivity contribution in [3.63, 3.8) is 0 Å². The molecule has 0 saturated heterocycles. The first-order chi connectivity index (χ1) is 13.3. The van der Waals surface area contributed by atoms with Crippen LogP contribution in [0, 0.1) is 17.0 Å². The molecule has 0 atom stereocenters. The van der Waals surface area contributed by atoms with Crippen LogP contribution in [0.15, 0.2) is 36.4 Å². The van der Waals surface area contributed by atoms with Crippen LogP contribution in [0.2, 0.25) is 0 Å². The summed E-state index contributed by atoms with van der Waals surface area (Å²) in [7, 11) is 1.58. The molecule has 28 heavy (non-hydrogen) atoms. The molecule has 3 N–H and O–H groups in total. The lowest BCUT2D eigenvalue weighted by molar-refractivity contribution is -0.383. The van der Waals surface area contributed by atoms with Crippen LogP contribution in [0.3, 0.4) is 0 Å². The van der Waals surface area contributed by atoms with E-state index in [0.29, 0.717) is 40.8 Å². The molecule has 0 aliphatic heterocycles. The predicted octanol–water partition coefficient (Wildman–Crippen LogP) is 4.54. The van der Waals surface area contributed by atoms with Crippen LogP contribution in [0.4, 0.5) is 5.69 Å². The zero-order chi connectivity index (χ0) is 20.6. The fraction of sp³-hybridized carbons (Fsp3) is 0.333. The smallest absolute Gasteiger partial charge is 0.298 e. The lowest BCUT2D eigenvalue weighted by Crippen LogP contribution is -2.35. The Bertz CT molecular complexity index is 1030. The first-order valence-electron chi connectivity index (χ1n) is 9.24. The van der Waals surface area contributed by atoms with E-state index in [2.05, 4.69) is 0 Å². The third-order valence-electron chi connectivity index (χ3n) is 5.59. The Morgan fingerprint density at radius 3 is 2.29 bits per heavy atom. The second kappa shape index (κ2) is 7.16. The molecule has 2 aromatic carbocycles. The lowest BCUT2D eigenvalue weighted by Gasteiger charge is -2.29. The summed E-state index contributed by atoms with van der Waals surface area (Å²) in [6, 6.07) is 10.3. The number of aromatic hydroxyl groups is 1. The summed E-state index contributed by atoms with van der Waals surface area (Å²) in [6.45, 7) is 5.60. The zero-order valence-electron chi connectivity index (χ0n) is 16.5. The number of nitrogens with zero attached hydrogens (tertiary/aromatic N) is 2. The second-order valence-electron chi connectivity index (χ2n) is 6.94. The number of nitrogens with two attached hydrogens (primary N) is 1. The van der Waals surface area contributed by atoms with Crippen LogP contribution in [-0.2, 0) is 5.54 Å². The summed E-state index contributed by atoms with van der Waals surface area (Å²) in [6.07, 6.45) is 1.16. The first-order valence-corrected chi connectivity index (χ1v) is 9.24. The number of methoxy groups -OCH3 is 1. The minimum atomic E-state index is -0.813. The van der Waals surface area contributed by atoms with Gasteiger partial charge in [-0.05, 0) is 56.2 Å². The summed E-state index contributed by atoms with van der Waals surface area (Å²) in [5.74, 6) is 0.728. The number of benzene rings is 2. The molecule has 3 aromatic rings. The van der Waals surface area contributed by atoms with Crippen molar-refractivity contribution in [1.82, 2.24) is 4.57 Å². The quantitative estimate of drug-likeness (QED) is 0.480. The van der Waals surface area contributed by atoms with E-state index in [4.69, 9.17) is 10.5 Å². The Kier molecular flexibility index (Phi) is 5.04. The maximum absolute atomic E-state index is 11.8. The second-order valence-corrected chi connectivity index (χ2v) is 6.94. The van der Waals surface area contributed by atoms with Crippen molar-refractivity contribution in [2.75, 3.05) is 7.11 Å². The van der Waals surface area contributed by atoms with Crippen LogP contribution < -0.4 is 10.5 Å². The van der Waals surface area contributed by atoms with Gasteiger partial charge in [0.05, 0.1) is 28.6 Å². The van der Waals surface area contributed by atoms with Crippen LogP contribution in [-0.4, -0.2) is 21.7 Å². The molecule has 0 unspecified atom stereocenters. The summed E-state index contributed by atoms with van der Waals surface area (Å²) < 4.78 is 7.02. The number of hydrogen-bond acceptors (Lipinski definition) is 5. The molecule has 0 aliphatic rings. The summed E-state index contributed by atoms with van der Waals surface area (Å²) >= 11 is 0. The Morgan fingerprint density at radius 2 is 1.79 bits per heavy atom. The van der Waals surface area contributed by atoms with Gasteiger partial charge in [-0.1, -0.05) is 13.8 Å². The van der Waals surface area contributed by atoms with Gasteiger partial charge in [-0.2, -0.15) is 0 Å². The van der Waals surface area contributed by atoms with Gasteiger partial charge in [0.15, 0.2) is 0 Å². The Morgan fingerprint density at radius 1 is 1.18 bits per heavy atom. The number of ether oxygens (including phenoxy) is 1. The standard InChI is InChI=1S/C21H25N3O4/c1-5-21(22,6-2)18-17(25)12-11-16-19(24(26)27)13(3)23(20(16)18)14-7-9-15(28-4)10-8-14/h7-12,25H,5-6,22H2,1-4H3. The van der Waals surface area contributed by atoms with Crippen molar-refractivity contribution in [1.29, 1.82) is 0 Å². The average molecular weight is 383 g/mol. The first kappa shape index (κ1) is 19.7. The van der Waals surface area contributed by atoms with Crippen LogP contribution in [0.5, 0.6) is 11.5 Å². The van der Waals surface area contributed by atoms with E-state index in [-0.39, 0.29) is 16.4 Å². The third kappa shape index (κ3) is 2.88. The summed E-state index contributed by atoms with van der Waals surface area (Å²) in [5, 5.41) is 23.0. The topological polar surface area (TPSA) is 104 Å². The Labute approximate surface area is 163 Å². The maximum atomic E-state index is 11.8. The number of fused-ring (bicyclic) bond motifs is 1. The number of phenols is 1. The number of hydrogen-bond donors (Lipinski definition) is 2. The van der Waals surface area contributed by atoms with Crippen molar-refractivity contribution < 1.29 is 14.8 Å². The molecular formula is C21H25N3O4. The molecule has 1 heterocycles. The van der Waals surface area contributed by atoms with E-state index in [1.54, 1.807) is 36.8 Å². The van der Waals surface area contributed by atoms with Crippen molar-refractivity contribution in [3.8, 4) is 17.2 Å². The van der Waals surface area contributed by atoms with Crippen molar-refractivity contribution >= 4 is 16.6 Å². The van der Waals surface area contributed by atoms with Gasteiger partial charge in [-0.25, -0.2) is 0 Å². The van der Waals surface area contributed by atoms with Gasteiger partial charge >= 0.3 is 0 Å². The van der Waals surface area contributed by atoms with Crippen LogP contribution >= 0.6 is 0 Å². The van der Waals surface area contributed by atoms with Gasteiger partial charge in [-0.15, -0.1) is 0 Å². The normalized spacial score (nSPS) is 11.8. The van der Waals surface area contributed by atoms with Gasteiger partial charge in [0.2, 0.25) is 0 Å². The number of rotatable bonds is 6. The Balaban J connectivity index is 2.50. The highest BCUT2D eigenvalue weighted by Gasteiger charge is 2.34. The van der Waals surface area contributed by atoms with Crippen LogP contribution in [0.1, 0.15) is 37.9 Å². The average Bonchev–Trinajstić information content (AvgIpc) is 2.99. The lowest BCUT2D eigenvalue weighted by atomic mass is 9.84. The summed E-state index contributed by atoms with van der Waals surface area (Å²) in [4.78, 5) is 11.5. The van der Waals surface area contributed by atoms with Crippen molar-refractivity contribution in [2.45, 2.75) is 39.2 Å². The van der Waals surface area contributed by atoms with E-state index in [1.807, 2.05) is 26.0 Å². The molecule has 0 amide bonds. The van der Waals surface area contributed by atoms with E-state index in [1.165, 1.54) is 6.07 Å². The molecule has 0 spiro atoms. The van der Waals surface area contributed by atoms with Gasteiger partial charge in [0.25, 0.3) is 5.69 Å². The molecule has 148 valence electrons. The van der Waals surface area contributed by atoms with Gasteiger partial charge in [-0.3, -0.25) is 10.1 Å². The maximum Gasteiger partial charge on any atom is 0.298 e. The molecule has 0 fully saturated rings. The largest absolute Gasteiger partial charge is 0.508 e. The molecular weight excluding hydrogens is 358 g/mol. The number of nitro groups is 1. The van der Waals surface area contributed by atoms with Crippen molar-refractivity contribution in [3.05, 3.63) is 57.8 Å². The number of aromatic nitrogens is 1. The molecule has 7 nitrogen and oxygen atoms in total. The summed E-state index contributed by atoms with van der Waals surface area (Å²) in [5.41, 5.74) is 8.16. The monoisotopic (exact) mass is 383 g/mol. The molecule has 0 bridgehead atoms. The fourth-order valence-electron chi connectivity index (χ4n) is 3.85. The van der Waals surface area contributed by atoms with E-state index < -0.39 is 5.54 Å². The zero-order valence-corrected chi connectivity index (χ0v) is 16.5. The highest BCUT2D eigenvalue weighted by atomic mass is 16.6. The van der Waals surface area contributed by atoms with Gasteiger partial charge < -0.3 is 20.1 Å². The number of phenolic OH excluding ortho intramolecular Hbond substituents is 1. The molecule has 3 rings (SSSR count). The predicted molar refractivity (Wildman–Crippen MR) is 109 cm³/mol. The molecule has 7 heteroatoms. The third-order valence-corrected chi connectivity index (χ3v) is 5.59. The van der Waals surface area contributed by atoms with Gasteiger partial charge in [0.1, 0.15) is 11.5 Å². The van der Waals surface area contributed by atoms with E-state index in [9.17, 15) is 15.2 Å².